The molecule has 0 radical (unpaired) electrons. The molecule has 9 heteroatoms. The van der Waals surface area contributed by atoms with Gasteiger partial charge in [0.05, 0.1) is 25.8 Å². The van der Waals surface area contributed by atoms with E-state index in [1.807, 2.05) is 30.3 Å². The highest BCUT2D eigenvalue weighted by atomic mass is 16.5. The highest BCUT2D eigenvalue weighted by Crippen LogP contribution is 2.33. The zero-order valence-electron chi connectivity index (χ0n) is 19.4. The van der Waals surface area contributed by atoms with Gasteiger partial charge in [0.25, 0.3) is 0 Å². The number of carbonyl (C=O) groups is 1. The monoisotopic (exact) mass is 463 g/mol. The molecule has 0 amide bonds. The summed E-state index contributed by atoms with van der Waals surface area (Å²) < 4.78 is 16.4. The molecule has 1 aliphatic rings. The Hall–Kier alpha value is -3.53. The van der Waals surface area contributed by atoms with Crippen molar-refractivity contribution in [2.24, 2.45) is 5.84 Å². The second-order valence-corrected chi connectivity index (χ2v) is 8.01. The van der Waals surface area contributed by atoms with Crippen LogP contribution < -0.4 is 25.4 Å². The number of nitrogens with two attached hydrogens (primary N) is 1. The van der Waals surface area contributed by atoms with E-state index in [1.54, 1.807) is 35.3 Å². The van der Waals surface area contributed by atoms with E-state index in [1.165, 1.54) is 14.2 Å². The van der Waals surface area contributed by atoms with Gasteiger partial charge in [-0.3, -0.25) is 16.0 Å². The van der Waals surface area contributed by atoms with Gasteiger partial charge in [-0.15, -0.1) is 0 Å². The van der Waals surface area contributed by atoms with Gasteiger partial charge in [-0.25, -0.2) is 5.01 Å². The lowest BCUT2D eigenvalue weighted by atomic mass is 9.88. The highest BCUT2D eigenvalue weighted by molar-refractivity contribution is 6.05. The van der Waals surface area contributed by atoms with Crippen LogP contribution in [0.4, 0.5) is 0 Å². The maximum atomic E-state index is 14.1. The van der Waals surface area contributed by atoms with E-state index < -0.39 is 5.66 Å². The number of hydrogen-bond acceptors (Lipinski definition) is 9. The summed E-state index contributed by atoms with van der Waals surface area (Å²) in [5.41, 5.74) is 0.376. The summed E-state index contributed by atoms with van der Waals surface area (Å²) in [5, 5.41) is 5.07. The Balaban J connectivity index is 1.66. The van der Waals surface area contributed by atoms with Gasteiger partial charge < -0.3 is 14.2 Å². The second-order valence-electron chi connectivity index (χ2n) is 8.01. The molecule has 1 fully saturated rings. The summed E-state index contributed by atoms with van der Waals surface area (Å²) in [7, 11) is 2.98. The lowest BCUT2D eigenvalue weighted by Gasteiger charge is -2.44. The minimum Gasteiger partial charge on any atom is -0.481 e. The Labute approximate surface area is 198 Å². The van der Waals surface area contributed by atoms with Crippen LogP contribution in [0.15, 0.2) is 60.7 Å². The van der Waals surface area contributed by atoms with E-state index in [-0.39, 0.29) is 23.6 Å². The number of ketones is 1. The molecule has 0 saturated carbocycles. The van der Waals surface area contributed by atoms with Crippen LogP contribution >= 0.6 is 0 Å². The van der Waals surface area contributed by atoms with Gasteiger partial charge in [0.1, 0.15) is 11.4 Å². The second kappa shape index (κ2) is 10.6. The third-order valence-electron chi connectivity index (χ3n) is 5.89. The molecule has 34 heavy (non-hydrogen) atoms. The predicted octanol–water partition coefficient (Wildman–Crippen LogP) is 3.31. The van der Waals surface area contributed by atoms with Crippen molar-refractivity contribution in [3.63, 3.8) is 0 Å². The number of hydrogen-bond donors (Lipinski definition) is 2. The van der Waals surface area contributed by atoms with Crippen molar-refractivity contribution in [2.45, 2.75) is 31.5 Å². The van der Waals surface area contributed by atoms with Crippen molar-refractivity contribution in [1.82, 2.24) is 20.3 Å². The first kappa shape index (κ1) is 23.6. The van der Waals surface area contributed by atoms with E-state index >= 15 is 0 Å². The van der Waals surface area contributed by atoms with Crippen LogP contribution in [0, 0.1) is 0 Å². The van der Waals surface area contributed by atoms with E-state index in [0.29, 0.717) is 30.8 Å². The number of ether oxygens (including phenoxy) is 3. The van der Waals surface area contributed by atoms with Crippen LogP contribution in [0.3, 0.4) is 0 Å². The van der Waals surface area contributed by atoms with Crippen LogP contribution in [0.2, 0.25) is 0 Å². The lowest BCUT2D eigenvalue weighted by Crippen LogP contribution is -2.68. The quantitative estimate of drug-likeness (QED) is 0.364. The van der Waals surface area contributed by atoms with Crippen LogP contribution in [-0.2, 0) is 6.54 Å². The maximum Gasteiger partial charge on any atom is 0.328 e. The summed E-state index contributed by atoms with van der Waals surface area (Å²) in [4.78, 5) is 22.5. The SMILES string of the molecule is COc1cc(OC)nc(Oc2ccccc2C(=O)C2(NCc3ccccc3)CCCCN2N)n1. The topological polar surface area (TPSA) is 112 Å². The molecule has 4 rings (SSSR count). The number of piperidine rings is 1. The fourth-order valence-corrected chi connectivity index (χ4v) is 4.06. The third-order valence-corrected chi connectivity index (χ3v) is 5.89. The smallest absolute Gasteiger partial charge is 0.328 e. The molecule has 1 atom stereocenters. The standard InChI is InChI=1S/C25H29N5O4/c1-32-21-16-22(33-2)29-24(28-21)34-20-13-7-6-12-19(20)23(31)25(14-8-9-15-30(25)26)27-17-18-10-4-3-5-11-18/h3-7,10-13,16,27H,8-9,14-15,17,26H2,1-2H3. The summed E-state index contributed by atoms with van der Waals surface area (Å²) in [6.45, 7) is 1.10. The first-order chi connectivity index (χ1) is 16.6. The number of Topliss-reactive ketones (excluding diaryl/α,β-unsaturated/α-hetero) is 1. The van der Waals surface area contributed by atoms with Crippen molar-refractivity contribution >= 4 is 5.78 Å². The van der Waals surface area contributed by atoms with Gasteiger partial charge in [0.15, 0.2) is 0 Å². The number of para-hydroxylation sites is 1. The van der Waals surface area contributed by atoms with Crippen LogP contribution in [0.25, 0.3) is 0 Å². The summed E-state index contributed by atoms with van der Waals surface area (Å²) in [6, 6.07) is 18.5. The van der Waals surface area contributed by atoms with E-state index in [9.17, 15) is 4.79 Å². The molecular formula is C25H29N5O4. The van der Waals surface area contributed by atoms with Gasteiger partial charge in [-0.1, -0.05) is 42.5 Å². The Kier molecular flexibility index (Phi) is 7.36. The lowest BCUT2D eigenvalue weighted by molar-refractivity contribution is 0.0175. The average molecular weight is 464 g/mol. The molecule has 1 aromatic heterocycles. The van der Waals surface area contributed by atoms with E-state index in [2.05, 4.69) is 15.3 Å². The number of benzene rings is 2. The van der Waals surface area contributed by atoms with Crippen LogP contribution in [0.5, 0.6) is 23.5 Å². The first-order valence-corrected chi connectivity index (χ1v) is 11.2. The first-order valence-electron chi connectivity index (χ1n) is 11.2. The fraction of sp³-hybridized carbons (Fsp3) is 0.320. The molecule has 0 bridgehead atoms. The van der Waals surface area contributed by atoms with Gasteiger partial charge in [0.2, 0.25) is 17.5 Å². The maximum absolute atomic E-state index is 14.1. The molecule has 0 spiro atoms. The zero-order valence-corrected chi connectivity index (χ0v) is 19.4. The molecule has 3 aromatic rings. The van der Waals surface area contributed by atoms with E-state index in [0.717, 1.165) is 18.4 Å². The Morgan fingerprint density at radius 1 is 1.03 bits per heavy atom. The predicted molar refractivity (Wildman–Crippen MR) is 127 cm³/mol. The summed E-state index contributed by atoms with van der Waals surface area (Å²) in [5.74, 6) is 7.17. The number of nitrogens with zero attached hydrogens (tertiary/aromatic N) is 3. The Morgan fingerprint density at radius 2 is 1.71 bits per heavy atom. The molecule has 2 aromatic carbocycles. The number of nitrogens with one attached hydrogen (secondary N) is 1. The number of rotatable bonds is 9. The summed E-state index contributed by atoms with van der Waals surface area (Å²) >= 11 is 0. The molecule has 3 N–H and O–H groups in total. The van der Waals surface area contributed by atoms with Crippen LogP contribution in [-0.4, -0.2) is 47.2 Å². The van der Waals surface area contributed by atoms with Crippen molar-refractivity contribution < 1.29 is 19.0 Å². The van der Waals surface area contributed by atoms with Crippen LogP contribution in [0.1, 0.15) is 35.2 Å². The molecule has 9 nitrogen and oxygen atoms in total. The molecule has 2 heterocycles. The van der Waals surface area contributed by atoms with Gasteiger partial charge >= 0.3 is 6.01 Å². The van der Waals surface area contributed by atoms with E-state index in [4.69, 9.17) is 20.1 Å². The minimum absolute atomic E-state index is 0.0102. The van der Waals surface area contributed by atoms with Crippen molar-refractivity contribution in [1.29, 1.82) is 0 Å². The average Bonchev–Trinajstić information content (AvgIpc) is 2.88. The van der Waals surface area contributed by atoms with Gasteiger partial charge in [0, 0.05) is 13.1 Å². The number of methoxy groups -OCH3 is 2. The largest absolute Gasteiger partial charge is 0.481 e. The van der Waals surface area contributed by atoms with Crippen molar-refractivity contribution in [3.8, 4) is 23.5 Å². The number of hydrazine groups is 1. The highest BCUT2D eigenvalue weighted by Gasteiger charge is 2.45. The van der Waals surface area contributed by atoms with Gasteiger partial charge in [-0.05, 0) is 37.0 Å². The van der Waals surface area contributed by atoms with Crippen molar-refractivity contribution in [2.75, 3.05) is 20.8 Å². The number of carbonyl (C=O) groups excluding carboxylic acids is 1. The molecule has 0 aliphatic carbocycles. The Morgan fingerprint density at radius 3 is 2.38 bits per heavy atom. The molecule has 178 valence electrons. The normalized spacial score (nSPS) is 18.3. The molecule has 1 saturated heterocycles. The van der Waals surface area contributed by atoms with Crippen molar-refractivity contribution in [3.05, 3.63) is 71.8 Å². The minimum atomic E-state index is -1.07. The molecular weight excluding hydrogens is 434 g/mol. The molecule has 1 aliphatic heterocycles. The summed E-state index contributed by atoms with van der Waals surface area (Å²) in [6.07, 6.45) is 2.38. The number of aromatic nitrogens is 2. The molecule has 1 unspecified atom stereocenters. The third kappa shape index (κ3) is 5.01. The fourth-order valence-electron chi connectivity index (χ4n) is 4.06. The van der Waals surface area contributed by atoms with Gasteiger partial charge in [-0.2, -0.15) is 9.97 Å². The zero-order chi connectivity index (χ0) is 24.0. The Bertz CT molecular complexity index is 1110.